The van der Waals surface area contributed by atoms with E-state index < -0.39 is 0 Å². The largest absolute Gasteiger partial charge is 0.494 e. The van der Waals surface area contributed by atoms with Gasteiger partial charge in [0.25, 0.3) is 0 Å². The minimum atomic E-state index is -0.00378. The molecule has 1 aromatic heterocycles. The number of pyridine rings is 1. The van der Waals surface area contributed by atoms with Gasteiger partial charge in [-0.05, 0) is 43.5 Å². The highest BCUT2D eigenvalue weighted by Crippen LogP contribution is 2.26. The van der Waals surface area contributed by atoms with E-state index in [2.05, 4.69) is 4.98 Å². The van der Waals surface area contributed by atoms with Crippen LogP contribution in [0.15, 0.2) is 48.8 Å². The van der Waals surface area contributed by atoms with Crippen molar-refractivity contribution in [1.82, 2.24) is 4.98 Å². The van der Waals surface area contributed by atoms with Crippen LogP contribution in [0.25, 0.3) is 0 Å². The van der Waals surface area contributed by atoms with Crippen molar-refractivity contribution in [2.75, 3.05) is 6.61 Å². The quantitative estimate of drug-likeness (QED) is 0.864. The summed E-state index contributed by atoms with van der Waals surface area (Å²) in [5, 5.41) is 0. The number of para-hydroxylation sites is 1. The third-order valence-electron chi connectivity index (χ3n) is 3.11. The zero-order chi connectivity index (χ0) is 13.5. The van der Waals surface area contributed by atoms with Gasteiger partial charge < -0.3 is 10.5 Å². The van der Waals surface area contributed by atoms with Gasteiger partial charge in [0.1, 0.15) is 5.75 Å². The molecule has 2 N–H and O–H groups in total. The summed E-state index contributed by atoms with van der Waals surface area (Å²) in [4.78, 5) is 4.02. The Morgan fingerprint density at radius 3 is 2.63 bits per heavy atom. The van der Waals surface area contributed by atoms with Gasteiger partial charge in [0.2, 0.25) is 0 Å². The number of rotatable bonds is 6. The molecule has 0 spiro atoms. The van der Waals surface area contributed by atoms with E-state index in [9.17, 15) is 0 Å². The van der Waals surface area contributed by atoms with Crippen molar-refractivity contribution < 1.29 is 4.74 Å². The fraction of sp³-hybridized carbons (Fsp3) is 0.312. The highest BCUT2D eigenvalue weighted by atomic mass is 16.5. The highest BCUT2D eigenvalue weighted by molar-refractivity contribution is 5.35. The van der Waals surface area contributed by atoms with Gasteiger partial charge in [-0.3, -0.25) is 4.98 Å². The van der Waals surface area contributed by atoms with E-state index in [1.54, 1.807) is 0 Å². The molecule has 0 aliphatic carbocycles. The molecule has 0 saturated carbocycles. The third kappa shape index (κ3) is 3.80. The van der Waals surface area contributed by atoms with Crippen LogP contribution in [0.2, 0.25) is 0 Å². The van der Waals surface area contributed by atoms with E-state index >= 15 is 0 Å². The first kappa shape index (κ1) is 13.6. The second-order valence-corrected chi connectivity index (χ2v) is 4.47. The lowest BCUT2D eigenvalue weighted by molar-refractivity contribution is 0.333. The third-order valence-corrected chi connectivity index (χ3v) is 3.11. The maximum Gasteiger partial charge on any atom is 0.124 e. The number of hydrogen-bond donors (Lipinski definition) is 1. The van der Waals surface area contributed by atoms with Crippen molar-refractivity contribution in [2.24, 2.45) is 5.73 Å². The molecule has 0 radical (unpaired) electrons. The zero-order valence-electron chi connectivity index (χ0n) is 11.3. The van der Waals surface area contributed by atoms with Crippen molar-refractivity contribution in [3.8, 4) is 5.75 Å². The number of aromatic nitrogens is 1. The van der Waals surface area contributed by atoms with Gasteiger partial charge in [-0.1, -0.05) is 18.2 Å². The zero-order valence-corrected chi connectivity index (χ0v) is 11.3. The van der Waals surface area contributed by atoms with Gasteiger partial charge >= 0.3 is 0 Å². The Balaban J connectivity index is 2.01. The number of hydrogen-bond acceptors (Lipinski definition) is 3. The fourth-order valence-electron chi connectivity index (χ4n) is 2.10. The molecule has 1 unspecified atom stereocenters. The smallest absolute Gasteiger partial charge is 0.124 e. The van der Waals surface area contributed by atoms with Gasteiger partial charge in [0, 0.05) is 24.0 Å². The molecule has 1 heterocycles. The summed E-state index contributed by atoms with van der Waals surface area (Å²) in [5.41, 5.74) is 8.62. The summed E-state index contributed by atoms with van der Waals surface area (Å²) in [6.45, 7) is 2.65. The second-order valence-electron chi connectivity index (χ2n) is 4.47. The standard InChI is InChI=1S/C16H20N2O/c1-2-19-16-6-4-3-5-14(16)15(17)8-7-13-9-11-18-12-10-13/h3-6,9-12,15H,2,7-8,17H2,1H3. The summed E-state index contributed by atoms with van der Waals surface area (Å²) in [7, 11) is 0. The van der Waals surface area contributed by atoms with E-state index in [1.165, 1.54) is 5.56 Å². The lowest BCUT2D eigenvalue weighted by atomic mass is 9.99. The molecule has 0 fully saturated rings. The molecule has 1 atom stereocenters. The summed E-state index contributed by atoms with van der Waals surface area (Å²) in [5.74, 6) is 0.896. The first-order valence-electron chi connectivity index (χ1n) is 6.67. The average Bonchev–Trinajstić information content (AvgIpc) is 2.47. The lowest BCUT2D eigenvalue weighted by Crippen LogP contribution is -2.13. The van der Waals surface area contributed by atoms with Crippen molar-refractivity contribution in [1.29, 1.82) is 0 Å². The Hall–Kier alpha value is -1.87. The molecular weight excluding hydrogens is 236 g/mol. The van der Waals surface area contributed by atoms with Gasteiger partial charge in [0.05, 0.1) is 6.61 Å². The van der Waals surface area contributed by atoms with Crippen LogP contribution in [0.1, 0.15) is 30.5 Å². The van der Waals surface area contributed by atoms with Crippen LogP contribution < -0.4 is 10.5 Å². The SMILES string of the molecule is CCOc1ccccc1C(N)CCc1ccncc1. The molecule has 0 bridgehead atoms. The average molecular weight is 256 g/mol. The Morgan fingerprint density at radius 1 is 1.16 bits per heavy atom. The lowest BCUT2D eigenvalue weighted by Gasteiger charge is -2.16. The van der Waals surface area contributed by atoms with Gasteiger partial charge in [-0.25, -0.2) is 0 Å². The first-order valence-corrected chi connectivity index (χ1v) is 6.67. The molecule has 0 aliphatic heterocycles. The number of ether oxygens (including phenoxy) is 1. The van der Waals surface area contributed by atoms with Crippen LogP contribution in [-0.4, -0.2) is 11.6 Å². The van der Waals surface area contributed by atoms with Crippen molar-refractivity contribution in [3.05, 3.63) is 59.9 Å². The molecule has 0 aliphatic rings. The van der Waals surface area contributed by atoms with Crippen LogP contribution in [-0.2, 0) is 6.42 Å². The summed E-state index contributed by atoms with van der Waals surface area (Å²) < 4.78 is 5.62. The number of nitrogens with zero attached hydrogens (tertiary/aromatic N) is 1. The summed E-state index contributed by atoms with van der Waals surface area (Å²) >= 11 is 0. The minimum absolute atomic E-state index is 0.00378. The summed E-state index contributed by atoms with van der Waals surface area (Å²) in [6, 6.07) is 12.1. The Bertz CT molecular complexity index is 499. The Kier molecular flexibility index (Phi) is 4.93. The molecule has 0 amide bonds. The predicted molar refractivity (Wildman–Crippen MR) is 77.1 cm³/mol. The predicted octanol–water partition coefficient (Wildman–Crippen LogP) is 3.11. The minimum Gasteiger partial charge on any atom is -0.494 e. The number of benzene rings is 1. The maximum absolute atomic E-state index is 6.28. The molecule has 100 valence electrons. The number of aryl methyl sites for hydroxylation is 1. The van der Waals surface area contributed by atoms with Gasteiger partial charge in [-0.15, -0.1) is 0 Å². The normalized spacial score (nSPS) is 12.1. The van der Waals surface area contributed by atoms with Gasteiger partial charge in [-0.2, -0.15) is 0 Å². The molecule has 19 heavy (non-hydrogen) atoms. The second kappa shape index (κ2) is 6.90. The molecule has 3 nitrogen and oxygen atoms in total. The topological polar surface area (TPSA) is 48.1 Å². The van der Waals surface area contributed by atoms with Crippen LogP contribution in [0, 0.1) is 0 Å². The molecule has 2 rings (SSSR count). The molecule has 2 aromatic rings. The fourth-order valence-corrected chi connectivity index (χ4v) is 2.10. The monoisotopic (exact) mass is 256 g/mol. The van der Waals surface area contributed by atoms with E-state index in [-0.39, 0.29) is 6.04 Å². The number of nitrogens with two attached hydrogens (primary N) is 1. The van der Waals surface area contributed by atoms with Crippen LogP contribution in [0.3, 0.4) is 0 Å². The summed E-state index contributed by atoms with van der Waals surface area (Å²) in [6.07, 6.45) is 5.47. The van der Waals surface area contributed by atoms with Crippen molar-refractivity contribution in [2.45, 2.75) is 25.8 Å². The molecule has 1 aromatic carbocycles. The van der Waals surface area contributed by atoms with Crippen LogP contribution in [0.5, 0.6) is 5.75 Å². The molecular formula is C16H20N2O. The Morgan fingerprint density at radius 2 is 1.89 bits per heavy atom. The van der Waals surface area contributed by atoms with Crippen molar-refractivity contribution in [3.63, 3.8) is 0 Å². The molecule has 0 saturated heterocycles. The van der Waals surface area contributed by atoms with E-state index in [0.717, 1.165) is 24.2 Å². The highest BCUT2D eigenvalue weighted by Gasteiger charge is 2.11. The molecule has 3 heteroatoms. The maximum atomic E-state index is 6.28. The first-order chi connectivity index (χ1) is 9.31. The van der Waals surface area contributed by atoms with Crippen molar-refractivity contribution >= 4 is 0 Å². The van der Waals surface area contributed by atoms with E-state index in [4.69, 9.17) is 10.5 Å². The van der Waals surface area contributed by atoms with Gasteiger partial charge in [0.15, 0.2) is 0 Å². The van der Waals surface area contributed by atoms with E-state index in [0.29, 0.717) is 6.61 Å². The van der Waals surface area contributed by atoms with E-state index in [1.807, 2.05) is 55.7 Å². The van der Waals surface area contributed by atoms with Crippen LogP contribution >= 0.6 is 0 Å². The van der Waals surface area contributed by atoms with Crippen LogP contribution in [0.4, 0.5) is 0 Å². The Labute approximate surface area is 114 Å².